The van der Waals surface area contributed by atoms with Gasteiger partial charge in [-0.2, -0.15) is 11.8 Å². The molecule has 0 aromatic carbocycles. The molecular weight excluding hydrogens is 310 g/mol. The maximum absolute atomic E-state index is 2.87. The minimum atomic E-state index is 0.895. The molecule has 3 atom stereocenters. The number of thioether (sulfide) groups is 1. The van der Waals surface area contributed by atoms with Crippen LogP contribution in [0, 0.1) is 11.8 Å². The van der Waals surface area contributed by atoms with Crippen LogP contribution in [0.3, 0.4) is 0 Å². The average Bonchev–Trinajstić information content (AvgIpc) is 3.25. The minimum Gasteiger partial charge on any atom is -0.300 e. The standard InChI is InChI=1S/C22H37NS/c1-2-7-18(8-3-1)14-16-23-15-6-10-20(23)17-24-22-13-12-19-9-4-5-11-21(19)22/h12,18,20-22H,1-11,13-17H2. The number of likely N-dealkylation sites (tertiary alicyclic amines) is 1. The molecule has 24 heavy (non-hydrogen) atoms. The molecule has 3 fully saturated rings. The SMILES string of the molecule is C1=C2CCCCC2C(SCC2CCCN2CCC2CCCCC2)C1. The largest absolute Gasteiger partial charge is 0.300 e. The smallest absolute Gasteiger partial charge is 0.0186 e. The molecule has 3 aliphatic carbocycles. The summed E-state index contributed by atoms with van der Waals surface area (Å²) in [6, 6.07) is 0.895. The summed E-state index contributed by atoms with van der Waals surface area (Å²) in [5, 5.41) is 0.932. The molecule has 1 nitrogen and oxygen atoms in total. The van der Waals surface area contributed by atoms with Crippen LogP contribution in [0.4, 0.5) is 0 Å². The van der Waals surface area contributed by atoms with Gasteiger partial charge < -0.3 is 0 Å². The lowest BCUT2D eigenvalue weighted by Crippen LogP contribution is -2.34. The van der Waals surface area contributed by atoms with E-state index in [2.05, 4.69) is 22.7 Å². The first-order valence-corrected chi connectivity index (χ1v) is 12.0. The molecule has 0 N–H and O–H groups in total. The highest BCUT2D eigenvalue weighted by Crippen LogP contribution is 2.44. The van der Waals surface area contributed by atoms with Gasteiger partial charge in [-0.3, -0.25) is 4.90 Å². The highest BCUT2D eigenvalue weighted by atomic mass is 32.2. The Balaban J connectivity index is 1.21. The van der Waals surface area contributed by atoms with E-state index in [-0.39, 0.29) is 0 Å². The number of hydrogen-bond acceptors (Lipinski definition) is 2. The molecule has 0 spiro atoms. The quantitative estimate of drug-likeness (QED) is 0.539. The highest BCUT2D eigenvalue weighted by molar-refractivity contribution is 8.00. The van der Waals surface area contributed by atoms with Gasteiger partial charge in [-0.05, 0) is 69.9 Å². The summed E-state index contributed by atoms with van der Waals surface area (Å²) in [5.74, 6) is 3.42. The van der Waals surface area contributed by atoms with Crippen LogP contribution >= 0.6 is 11.8 Å². The van der Waals surface area contributed by atoms with Gasteiger partial charge in [-0.15, -0.1) is 0 Å². The van der Waals surface area contributed by atoms with Gasteiger partial charge in [0.1, 0.15) is 0 Å². The molecular formula is C22H37NS. The van der Waals surface area contributed by atoms with E-state index in [4.69, 9.17) is 0 Å². The fraction of sp³-hybridized carbons (Fsp3) is 0.909. The van der Waals surface area contributed by atoms with Crippen LogP contribution in [0.2, 0.25) is 0 Å². The third-order valence-electron chi connectivity index (χ3n) is 7.32. The Hall–Kier alpha value is 0.0500. The zero-order valence-corrected chi connectivity index (χ0v) is 16.4. The topological polar surface area (TPSA) is 3.24 Å². The summed E-state index contributed by atoms with van der Waals surface area (Å²) >= 11 is 2.34. The van der Waals surface area contributed by atoms with Crippen LogP contribution in [0.1, 0.15) is 83.5 Å². The predicted octanol–water partition coefficient (Wildman–Crippen LogP) is 6.04. The molecule has 0 aromatic rings. The second-order valence-electron chi connectivity index (χ2n) is 8.86. The van der Waals surface area contributed by atoms with Crippen LogP contribution < -0.4 is 0 Å². The summed E-state index contributed by atoms with van der Waals surface area (Å²) in [7, 11) is 0. The number of rotatable bonds is 6. The first-order valence-electron chi connectivity index (χ1n) is 10.9. The molecule has 1 saturated heterocycles. The molecule has 0 aromatic heterocycles. The van der Waals surface area contributed by atoms with Crippen molar-refractivity contribution in [3.63, 3.8) is 0 Å². The van der Waals surface area contributed by atoms with E-state index in [0.29, 0.717) is 0 Å². The molecule has 136 valence electrons. The fourth-order valence-corrected chi connectivity index (χ4v) is 7.42. The molecule has 3 unspecified atom stereocenters. The lowest BCUT2D eigenvalue weighted by Gasteiger charge is -2.30. The summed E-state index contributed by atoms with van der Waals surface area (Å²) < 4.78 is 0. The predicted molar refractivity (Wildman–Crippen MR) is 107 cm³/mol. The van der Waals surface area contributed by atoms with Crippen LogP contribution in [0.25, 0.3) is 0 Å². The van der Waals surface area contributed by atoms with Gasteiger partial charge in [0.25, 0.3) is 0 Å². The Kier molecular flexibility index (Phi) is 6.27. The van der Waals surface area contributed by atoms with Gasteiger partial charge in [0.2, 0.25) is 0 Å². The van der Waals surface area contributed by atoms with Crippen molar-refractivity contribution in [3.8, 4) is 0 Å². The average molecular weight is 348 g/mol. The molecule has 2 heteroatoms. The van der Waals surface area contributed by atoms with Gasteiger partial charge in [-0.1, -0.05) is 50.2 Å². The summed E-state index contributed by atoms with van der Waals surface area (Å²) in [6.45, 7) is 2.78. The van der Waals surface area contributed by atoms with E-state index in [0.717, 1.165) is 23.1 Å². The molecule has 0 bridgehead atoms. The van der Waals surface area contributed by atoms with Crippen molar-refractivity contribution in [3.05, 3.63) is 11.6 Å². The molecule has 0 radical (unpaired) electrons. The van der Waals surface area contributed by atoms with E-state index < -0.39 is 0 Å². The third kappa shape index (κ3) is 4.23. The Morgan fingerprint density at radius 1 is 0.958 bits per heavy atom. The molecule has 4 rings (SSSR count). The first kappa shape index (κ1) is 17.5. The van der Waals surface area contributed by atoms with E-state index in [9.17, 15) is 0 Å². The van der Waals surface area contributed by atoms with Gasteiger partial charge in [0.05, 0.1) is 0 Å². The second-order valence-corrected chi connectivity index (χ2v) is 10.1. The van der Waals surface area contributed by atoms with Crippen molar-refractivity contribution in [1.29, 1.82) is 0 Å². The van der Waals surface area contributed by atoms with E-state index in [1.165, 1.54) is 102 Å². The Morgan fingerprint density at radius 3 is 2.75 bits per heavy atom. The van der Waals surface area contributed by atoms with Crippen molar-refractivity contribution < 1.29 is 0 Å². The monoisotopic (exact) mass is 347 g/mol. The first-order chi connectivity index (χ1) is 11.9. The minimum absolute atomic E-state index is 0.895. The summed E-state index contributed by atoms with van der Waals surface area (Å²) in [6.07, 6.45) is 21.8. The summed E-state index contributed by atoms with van der Waals surface area (Å²) in [5.41, 5.74) is 1.83. The lowest BCUT2D eigenvalue weighted by molar-refractivity contribution is 0.229. The zero-order valence-electron chi connectivity index (χ0n) is 15.6. The number of nitrogens with zero attached hydrogens (tertiary/aromatic N) is 1. The van der Waals surface area contributed by atoms with Crippen molar-refractivity contribution in [1.82, 2.24) is 4.90 Å². The zero-order chi connectivity index (χ0) is 16.2. The van der Waals surface area contributed by atoms with E-state index in [1.54, 1.807) is 0 Å². The molecule has 0 amide bonds. The Labute approximate surface area is 154 Å². The maximum Gasteiger partial charge on any atom is 0.0186 e. The molecule has 1 heterocycles. The molecule has 2 saturated carbocycles. The van der Waals surface area contributed by atoms with Crippen LogP contribution in [-0.2, 0) is 0 Å². The van der Waals surface area contributed by atoms with E-state index in [1.807, 2.05) is 5.57 Å². The maximum atomic E-state index is 2.87. The Morgan fingerprint density at radius 2 is 1.83 bits per heavy atom. The second kappa shape index (κ2) is 8.62. The van der Waals surface area contributed by atoms with Crippen LogP contribution in [0.5, 0.6) is 0 Å². The number of fused-ring (bicyclic) bond motifs is 1. The van der Waals surface area contributed by atoms with Gasteiger partial charge >= 0.3 is 0 Å². The Bertz CT molecular complexity index is 426. The van der Waals surface area contributed by atoms with Gasteiger partial charge in [0.15, 0.2) is 0 Å². The fourth-order valence-electron chi connectivity index (χ4n) is 5.80. The number of allylic oxidation sites excluding steroid dienone is 2. The van der Waals surface area contributed by atoms with Crippen molar-refractivity contribution in [2.24, 2.45) is 11.8 Å². The van der Waals surface area contributed by atoms with Gasteiger partial charge in [-0.25, -0.2) is 0 Å². The molecule has 1 aliphatic heterocycles. The number of hydrogen-bond donors (Lipinski definition) is 0. The van der Waals surface area contributed by atoms with Crippen molar-refractivity contribution >= 4 is 11.8 Å². The van der Waals surface area contributed by atoms with E-state index >= 15 is 0 Å². The van der Waals surface area contributed by atoms with Crippen molar-refractivity contribution in [2.45, 2.75) is 94.8 Å². The summed E-state index contributed by atoms with van der Waals surface area (Å²) in [4.78, 5) is 2.87. The van der Waals surface area contributed by atoms with Gasteiger partial charge in [0, 0.05) is 17.0 Å². The van der Waals surface area contributed by atoms with Crippen LogP contribution in [-0.4, -0.2) is 35.0 Å². The molecule has 4 aliphatic rings. The lowest BCUT2D eigenvalue weighted by atomic mass is 9.86. The normalized spacial score (nSPS) is 35.2. The third-order valence-corrected chi connectivity index (χ3v) is 8.85. The highest BCUT2D eigenvalue weighted by Gasteiger charge is 2.33. The van der Waals surface area contributed by atoms with Crippen molar-refractivity contribution in [2.75, 3.05) is 18.8 Å². The van der Waals surface area contributed by atoms with Crippen LogP contribution in [0.15, 0.2) is 11.6 Å².